The van der Waals surface area contributed by atoms with E-state index in [1.807, 2.05) is 49.4 Å². The van der Waals surface area contributed by atoms with Gasteiger partial charge in [-0.25, -0.2) is 0 Å². The highest BCUT2D eigenvalue weighted by Crippen LogP contribution is 2.29. The smallest absolute Gasteiger partial charge is 0.262 e. The summed E-state index contributed by atoms with van der Waals surface area (Å²) < 4.78 is 12.7. The molecular weight excluding hydrogens is 426 g/mol. The summed E-state index contributed by atoms with van der Waals surface area (Å²) in [6, 6.07) is 21.9. The molecule has 0 unspecified atom stereocenters. The monoisotopic (exact) mass is 443 g/mol. The maximum atomic E-state index is 13.2. The number of hydrogen-bond acceptors (Lipinski definition) is 5. The van der Waals surface area contributed by atoms with E-state index in [1.54, 1.807) is 41.1 Å². The highest BCUT2D eigenvalue weighted by molar-refractivity contribution is 6.30. The van der Waals surface area contributed by atoms with Crippen LogP contribution in [0.15, 0.2) is 88.3 Å². The molecule has 0 bridgehead atoms. The van der Waals surface area contributed by atoms with Gasteiger partial charge in [0.05, 0.1) is 12.2 Å². The van der Waals surface area contributed by atoms with Crippen molar-refractivity contribution in [3.8, 4) is 34.3 Å². The lowest BCUT2D eigenvalue weighted by atomic mass is 10.1. The average Bonchev–Trinajstić information content (AvgIpc) is 3.31. The highest BCUT2D eigenvalue weighted by Gasteiger charge is 2.17. The molecule has 7 heteroatoms. The van der Waals surface area contributed by atoms with Crippen molar-refractivity contribution in [1.29, 1.82) is 0 Å². The van der Waals surface area contributed by atoms with Gasteiger partial charge in [-0.1, -0.05) is 35.0 Å². The quantitative estimate of drug-likeness (QED) is 0.345. The van der Waals surface area contributed by atoms with Crippen LogP contribution in [0.1, 0.15) is 6.92 Å². The molecule has 158 valence electrons. The fourth-order valence-electron chi connectivity index (χ4n) is 3.57. The molecule has 0 saturated carbocycles. The van der Waals surface area contributed by atoms with Gasteiger partial charge in [-0.15, -0.1) is 0 Å². The standard InChI is InChI=1S/C25H18ClN3O3/c1-2-31-19-13-7-16(8-14-19)23-27-24(32-28-23)22-15-29(18-11-9-17(26)10-12-18)25(30)21-6-4-3-5-20(21)22/h3-15H,2H2,1H3. The molecule has 32 heavy (non-hydrogen) atoms. The van der Waals surface area contributed by atoms with Crippen molar-refractivity contribution in [2.24, 2.45) is 0 Å². The Morgan fingerprint density at radius 2 is 1.69 bits per heavy atom. The van der Waals surface area contributed by atoms with Gasteiger partial charge in [0, 0.05) is 33.2 Å². The van der Waals surface area contributed by atoms with E-state index in [-0.39, 0.29) is 5.56 Å². The first-order valence-corrected chi connectivity index (χ1v) is 10.5. The molecule has 0 saturated heterocycles. The van der Waals surface area contributed by atoms with E-state index in [1.165, 1.54) is 0 Å². The minimum absolute atomic E-state index is 0.141. The first-order chi connectivity index (χ1) is 15.6. The molecule has 0 N–H and O–H groups in total. The van der Waals surface area contributed by atoms with Crippen LogP contribution in [0, 0.1) is 0 Å². The maximum absolute atomic E-state index is 13.2. The lowest BCUT2D eigenvalue weighted by Gasteiger charge is -2.10. The molecule has 0 radical (unpaired) electrons. The summed E-state index contributed by atoms with van der Waals surface area (Å²) in [4.78, 5) is 17.8. The Bertz CT molecular complexity index is 1460. The van der Waals surface area contributed by atoms with Crippen LogP contribution in [-0.4, -0.2) is 21.3 Å². The van der Waals surface area contributed by atoms with Crippen molar-refractivity contribution >= 4 is 22.4 Å². The zero-order chi connectivity index (χ0) is 22.1. The lowest BCUT2D eigenvalue weighted by Crippen LogP contribution is -2.18. The van der Waals surface area contributed by atoms with E-state index in [2.05, 4.69) is 10.1 Å². The summed E-state index contributed by atoms with van der Waals surface area (Å²) in [5, 5.41) is 6.04. The zero-order valence-corrected chi connectivity index (χ0v) is 17.9. The minimum Gasteiger partial charge on any atom is -0.494 e. The largest absolute Gasteiger partial charge is 0.494 e. The highest BCUT2D eigenvalue weighted by atomic mass is 35.5. The number of rotatable bonds is 5. The van der Waals surface area contributed by atoms with Gasteiger partial charge >= 0.3 is 0 Å². The van der Waals surface area contributed by atoms with Crippen molar-refractivity contribution < 1.29 is 9.26 Å². The summed E-state index contributed by atoms with van der Waals surface area (Å²) in [6.45, 7) is 2.54. The Morgan fingerprint density at radius 1 is 0.969 bits per heavy atom. The Labute approximate surface area is 188 Å². The third kappa shape index (κ3) is 3.65. The first kappa shape index (κ1) is 20.0. The number of benzene rings is 3. The molecule has 0 aliphatic rings. The molecule has 0 aliphatic carbocycles. The second-order valence-corrected chi connectivity index (χ2v) is 7.56. The number of nitrogens with zero attached hydrogens (tertiary/aromatic N) is 3. The predicted octanol–water partition coefficient (Wildman–Crippen LogP) is 5.76. The Kier molecular flexibility index (Phi) is 5.21. The molecule has 5 aromatic rings. The van der Waals surface area contributed by atoms with E-state index in [0.29, 0.717) is 40.0 Å². The Balaban J connectivity index is 1.63. The number of ether oxygens (including phenoxy) is 1. The van der Waals surface area contributed by atoms with E-state index in [0.717, 1.165) is 16.7 Å². The van der Waals surface area contributed by atoms with Crippen LogP contribution in [0.25, 0.3) is 39.3 Å². The normalized spacial score (nSPS) is 11.1. The van der Waals surface area contributed by atoms with E-state index >= 15 is 0 Å². The van der Waals surface area contributed by atoms with Crippen molar-refractivity contribution in [3.05, 3.63) is 94.4 Å². The molecule has 0 atom stereocenters. The molecule has 0 spiro atoms. The van der Waals surface area contributed by atoms with Gasteiger partial charge in [-0.2, -0.15) is 4.98 Å². The molecule has 2 aromatic heterocycles. The number of hydrogen-bond donors (Lipinski definition) is 0. The number of pyridine rings is 1. The Morgan fingerprint density at radius 3 is 2.41 bits per heavy atom. The molecule has 0 amide bonds. The van der Waals surface area contributed by atoms with Gasteiger partial charge < -0.3 is 9.26 Å². The number of aromatic nitrogens is 3. The second-order valence-electron chi connectivity index (χ2n) is 7.12. The number of halogens is 1. The van der Waals surface area contributed by atoms with Crippen LogP contribution in [0.5, 0.6) is 5.75 Å². The first-order valence-electron chi connectivity index (χ1n) is 10.1. The van der Waals surface area contributed by atoms with Gasteiger partial charge in [0.15, 0.2) is 0 Å². The molecule has 5 rings (SSSR count). The lowest BCUT2D eigenvalue weighted by molar-refractivity contribution is 0.340. The summed E-state index contributed by atoms with van der Waals surface area (Å²) in [5.74, 6) is 1.56. The van der Waals surface area contributed by atoms with Gasteiger partial charge in [0.1, 0.15) is 5.75 Å². The second kappa shape index (κ2) is 8.32. The maximum Gasteiger partial charge on any atom is 0.262 e. The topological polar surface area (TPSA) is 70.2 Å². The van der Waals surface area contributed by atoms with Crippen molar-refractivity contribution in [3.63, 3.8) is 0 Å². The van der Waals surface area contributed by atoms with Crippen LogP contribution in [0.4, 0.5) is 0 Å². The van der Waals surface area contributed by atoms with E-state index in [4.69, 9.17) is 20.9 Å². The van der Waals surface area contributed by atoms with Crippen LogP contribution in [0.3, 0.4) is 0 Å². The van der Waals surface area contributed by atoms with Gasteiger partial charge in [-0.3, -0.25) is 9.36 Å². The van der Waals surface area contributed by atoms with Crippen molar-refractivity contribution in [2.75, 3.05) is 6.61 Å². The van der Waals surface area contributed by atoms with Crippen LogP contribution in [0.2, 0.25) is 5.02 Å². The van der Waals surface area contributed by atoms with Crippen molar-refractivity contribution in [1.82, 2.24) is 14.7 Å². The Hall–Kier alpha value is -3.90. The van der Waals surface area contributed by atoms with Gasteiger partial charge in [-0.05, 0) is 61.5 Å². The summed E-state index contributed by atoms with van der Waals surface area (Å²) >= 11 is 6.02. The molecule has 6 nitrogen and oxygen atoms in total. The van der Waals surface area contributed by atoms with Gasteiger partial charge in [0.2, 0.25) is 5.82 Å². The third-order valence-electron chi connectivity index (χ3n) is 5.11. The fourth-order valence-corrected chi connectivity index (χ4v) is 3.70. The predicted molar refractivity (Wildman–Crippen MR) is 124 cm³/mol. The summed E-state index contributed by atoms with van der Waals surface area (Å²) in [5.41, 5.74) is 2.02. The zero-order valence-electron chi connectivity index (χ0n) is 17.2. The van der Waals surface area contributed by atoms with Crippen LogP contribution in [-0.2, 0) is 0 Å². The molecule has 0 fully saturated rings. The molecule has 2 heterocycles. The summed E-state index contributed by atoms with van der Waals surface area (Å²) in [6.07, 6.45) is 1.73. The molecule has 3 aromatic carbocycles. The van der Waals surface area contributed by atoms with Crippen molar-refractivity contribution in [2.45, 2.75) is 6.92 Å². The molecule has 0 aliphatic heterocycles. The third-order valence-corrected chi connectivity index (χ3v) is 5.36. The fraction of sp³-hybridized carbons (Fsp3) is 0.0800. The molecular formula is C25H18ClN3O3. The average molecular weight is 444 g/mol. The van der Waals surface area contributed by atoms with Crippen LogP contribution < -0.4 is 10.3 Å². The minimum atomic E-state index is -0.141. The number of fused-ring (bicyclic) bond motifs is 1. The van der Waals surface area contributed by atoms with Crippen LogP contribution >= 0.6 is 11.6 Å². The van der Waals surface area contributed by atoms with Gasteiger partial charge in [0.25, 0.3) is 11.4 Å². The SMILES string of the molecule is CCOc1ccc(-c2noc(-c3cn(-c4ccc(Cl)cc4)c(=O)c4ccccc34)n2)cc1. The van der Waals surface area contributed by atoms with E-state index < -0.39 is 0 Å². The van der Waals surface area contributed by atoms with E-state index in [9.17, 15) is 4.79 Å². The summed E-state index contributed by atoms with van der Waals surface area (Å²) in [7, 11) is 0.